The Labute approximate surface area is 87.1 Å². The molecule has 2 aliphatic rings. The maximum atomic E-state index is 10.7. The van der Waals surface area contributed by atoms with Gasteiger partial charge in [0.05, 0.1) is 0 Å². The van der Waals surface area contributed by atoms with Gasteiger partial charge in [0.15, 0.2) is 12.1 Å². The van der Waals surface area contributed by atoms with Gasteiger partial charge in [0.2, 0.25) is 6.29 Å². The molecule has 0 aliphatic carbocycles. The maximum Gasteiger partial charge on any atom is 0.305 e. The lowest BCUT2D eigenvalue weighted by atomic mass is 10.2. The molecule has 4 atom stereocenters. The van der Waals surface area contributed by atoms with Crippen molar-refractivity contribution in [1.29, 1.82) is 0 Å². The van der Waals surface area contributed by atoms with E-state index in [9.17, 15) is 9.90 Å². The Morgan fingerprint density at radius 2 is 2.07 bits per heavy atom. The van der Waals surface area contributed by atoms with E-state index in [1.165, 1.54) is 6.92 Å². The highest BCUT2D eigenvalue weighted by Crippen LogP contribution is 2.37. The van der Waals surface area contributed by atoms with E-state index in [-0.39, 0.29) is 0 Å². The van der Waals surface area contributed by atoms with E-state index in [1.807, 2.05) is 0 Å². The highest BCUT2D eigenvalue weighted by molar-refractivity contribution is 5.66. The lowest BCUT2D eigenvalue weighted by Gasteiger charge is -2.22. The predicted octanol–water partition coefficient (Wildman–Crippen LogP) is -0.256. The number of hydrogen-bond donors (Lipinski definition) is 1. The number of aliphatic hydroxyl groups is 1. The first-order chi connectivity index (χ1) is 6.89. The van der Waals surface area contributed by atoms with Crippen LogP contribution in [-0.4, -0.2) is 41.7 Å². The van der Waals surface area contributed by atoms with Crippen molar-refractivity contribution in [2.75, 3.05) is 0 Å². The second-order valence-corrected chi connectivity index (χ2v) is 4.07. The second kappa shape index (κ2) is 3.41. The number of fused-ring (bicyclic) bond motifs is 1. The Morgan fingerprint density at radius 1 is 1.40 bits per heavy atom. The lowest BCUT2D eigenvalue weighted by Crippen LogP contribution is -2.36. The third-order valence-corrected chi connectivity index (χ3v) is 2.25. The maximum absolute atomic E-state index is 10.7. The van der Waals surface area contributed by atoms with Crippen LogP contribution in [0.1, 0.15) is 20.8 Å². The average molecular weight is 218 g/mol. The Bertz CT molecular complexity index is 276. The molecule has 0 aromatic heterocycles. The van der Waals surface area contributed by atoms with E-state index in [4.69, 9.17) is 18.9 Å². The first-order valence-corrected chi connectivity index (χ1v) is 4.75. The molecule has 6 heteroatoms. The van der Waals surface area contributed by atoms with Gasteiger partial charge in [-0.15, -0.1) is 0 Å². The standard InChI is InChI=1S/C9H14O6/c1-4(10)12-7-5(11)6-8(13-7)15-9(2,3)14-6/h5-8,11H,1-3H3/t5-,6?,7+,8+/m1/s1. The van der Waals surface area contributed by atoms with E-state index in [1.54, 1.807) is 13.8 Å². The fraction of sp³-hybridized carbons (Fsp3) is 0.889. The molecule has 0 radical (unpaired) electrons. The zero-order valence-corrected chi connectivity index (χ0v) is 8.80. The van der Waals surface area contributed by atoms with E-state index < -0.39 is 36.5 Å². The summed E-state index contributed by atoms with van der Waals surface area (Å²) >= 11 is 0. The van der Waals surface area contributed by atoms with Crippen molar-refractivity contribution in [3.63, 3.8) is 0 Å². The molecule has 2 fully saturated rings. The smallest absolute Gasteiger partial charge is 0.305 e. The molecule has 2 aliphatic heterocycles. The minimum absolute atomic E-state index is 0.515. The van der Waals surface area contributed by atoms with Crippen LogP contribution in [0, 0.1) is 0 Å². The van der Waals surface area contributed by atoms with Crippen LogP contribution in [-0.2, 0) is 23.7 Å². The second-order valence-electron chi connectivity index (χ2n) is 4.07. The van der Waals surface area contributed by atoms with Crippen LogP contribution in [0.5, 0.6) is 0 Å². The number of hydrogen-bond acceptors (Lipinski definition) is 6. The molecule has 1 N–H and O–H groups in total. The first-order valence-electron chi connectivity index (χ1n) is 4.75. The van der Waals surface area contributed by atoms with Crippen molar-refractivity contribution in [2.24, 2.45) is 0 Å². The van der Waals surface area contributed by atoms with Crippen LogP contribution in [0.25, 0.3) is 0 Å². The summed E-state index contributed by atoms with van der Waals surface area (Å²) < 4.78 is 20.7. The number of ether oxygens (including phenoxy) is 4. The van der Waals surface area contributed by atoms with Crippen molar-refractivity contribution in [3.05, 3.63) is 0 Å². The van der Waals surface area contributed by atoms with Crippen molar-refractivity contribution in [2.45, 2.75) is 51.3 Å². The van der Waals surface area contributed by atoms with Crippen molar-refractivity contribution in [1.82, 2.24) is 0 Å². The molecule has 2 saturated heterocycles. The molecular weight excluding hydrogens is 204 g/mol. The van der Waals surface area contributed by atoms with Gasteiger partial charge < -0.3 is 24.1 Å². The van der Waals surface area contributed by atoms with E-state index in [0.717, 1.165) is 0 Å². The molecule has 0 bridgehead atoms. The fourth-order valence-electron chi connectivity index (χ4n) is 1.72. The molecule has 0 amide bonds. The van der Waals surface area contributed by atoms with E-state index >= 15 is 0 Å². The summed E-state index contributed by atoms with van der Waals surface area (Å²) in [6.45, 7) is 4.69. The Hall–Kier alpha value is -0.690. The molecule has 15 heavy (non-hydrogen) atoms. The summed E-state index contributed by atoms with van der Waals surface area (Å²) in [6, 6.07) is 0. The number of carbonyl (C=O) groups is 1. The van der Waals surface area contributed by atoms with Crippen molar-refractivity contribution < 1.29 is 28.8 Å². The van der Waals surface area contributed by atoms with Crippen molar-refractivity contribution in [3.8, 4) is 0 Å². The summed E-state index contributed by atoms with van der Waals surface area (Å²) in [5.74, 6) is -1.30. The Kier molecular flexibility index (Phi) is 2.46. The lowest BCUT2D eigenvalue weighted by molar-refractivity contribution is -0.255. The zero-order valence-electron chi connectivity index (χ0n) is 8.80. The van der Waals surface area contributed by atoms with E-state index in [2.05, 4.69) is 0 Å². The SMILES string of the molecule is CC(=O)O[C@H]1O[C@H]2OC(C)(C)OC2[C@H]1O. The molecule has 6 nitrogen and oxygen atoms in total. The van der Waals surface area contributed by atoms with Gasteiger partial charge in [0, 0.05) is 6.92 Å². The third kappa shape index (κ3) is 1.98. The summed E-state index contributed by atoms with van der Waals surface area (Å²) in [6.07, 6.45) is -3.31. The normalized spacial score (nSPS) is 42.7. The minimum atomic E-state index is -1.01. The van der Waals surface area contributed by atoms with Crippen molar-refractivity contribution >= 4 is 5.97 Å². The molecule has 86 valence electrons. The van der Waals surface area contributed by atoms with Crippen LogP contribution in [0.15, 0.2) is 0 Å². The molecule has 0 aromatic carbocycles. The monoisotopic (exact) mass is 218 g/mol. The van der Waals surface area contributed by atoms with Crippen LogP contribution in [0.2, 0.25) is 0 Å². The van der Waals surface area contributed by atoms with Crippen LogP contribution in [0.4, 0.5) is 0 Å². The van der Waals surface area contributed by atoms with E-state index in [0.29, 0.717) is 0 Å². The zero-order chi connectivity index (χ0) is 11.2. The topological polar surface area (TPSA) is 74.2 Å². The molecule has 2 heterocycles. The average Bonchev–Trinajstić information content (AvgIpc) is 2.48. The molecule has 0 spiro atoms. The highest BCUT2D eigenvalue weighted by Gasteiger charge is 2.55. The van der Waals surface area contributed by atoms with Gasteiger partial charge in [-0.25, -0.2) is 0 Å². The van der Waals surface area contributed by atoms with Gasteiger partial charge in [-0.1, -0.05) is 0 Å². The van der Waals surface area contributed by atoms with Crippen LogP contribution in [0.3, 0.4) is 0 Å². The molecular formula is C9H14O6. The number of esters is 1. The molecule has 0 saturated carbocycles. The Morgan fingerprint density at radius 3 is 2.60 bits per heavy atom. The number of aliphatic hydroxyl groups excluding tert-OH is 1. The van der Waals surface area contributed by atoms with Gasteiger partial charge in [-0.3, -0.25) is 4.79 Å². The quantitative estimate of drug-likeness (QED) is 0.611. The molecule has 1 unspecified atom stereocenters. The van der Waals surface area contributed by atoms with Gasteiger partial charge >= 0.3 is 5.97 Å². The largest absolute Gasteiger partial charge is 0.433 e. The van der Waals surface area contributed by atoms with Gasteiger partial charge in [-0.05, 0) is 13.8 Å². The molecule has 2 rings (SSSR count). The summed E-state index contributed by atoms with van der Waals surface area (Å²) in [4.78, 5) is 10.7. The summed E-state index contributed by atoms with van der Waals surface area (Å²) in [5, 5.41) is 9.73. The summed E-state index contributed by atoms with van der Waals surface area (Å²) in [7, 11) is 0. The van der Waals surface area contributed by atoms with Gasteiger partial charge in [0.1, 0.15) is 12.2 Å². The minimum Gasteiger partial charge on any atom is -0.433 e. The third-order valence-electron chi connectivity index (χ3n) is 2.25. The fourth-order valence-corrected chi connectivity index (χ4v) is 1.72. The van der Waals surface area contributed by atoms with Crippen LogP contribution < -0.4 is 0 Å². The number of carbonyl (C=O) groups excluding carboxylic acids is 1. The van der Waals surface area contributed by atoms with Gasteiger partial charge in [-0.2, -0.15) is 0 Å². The highest BCUT2D eigenvalue weighted by atomic mass is 16.9. The molecule has 0 aromatic rings. The first kappa shape index (κ1) is 10.8. The van der Waals surface area contributed by atoms with Gasteiger partial charge in [0.25, 0.3) is 0 Å². The summed E-state index contributed by atoms with van der Waals surface area (Å²) in [5.41, 5.74) is 0. The van der Waals surface area contributed by atoms with Crippen LogP contribution >= 0.6 is 0 Å². The predicted molar refractivity (Wildman–Crippen MR) is 46.5 cm³/mol. The Balaban J connectivity index is 2.01. The number of rotatable bonds is 1.